The van der Waals surface area contributed by atoms with Crippen LogP contribution in [0.5, 0.6) is 5.75 Å². The van der Waals surface area contributed by atoms with Crippen molar-refractivity contribution < 1.29 is 19.1 Å². The Hall–Kier alpha value is -3.00. The Morgan fingerprint density at radius 2 is 1.90 bits per heavy atom. The fourth-order valence-electron chi connectivity index (χ4n) is 2.83. The molecular weight excluding hydrogens is 392 g/mol. The van der Waals surface area contributed by atoms with E-state index in [-0.39, 0.29) is 17.9 Å². The molecule has 0 aliphatic carbocycles. The molecule has 0 radical (unpaired) electrons. The molecule has 0 spiro atoms. The highest BCUT2D eigenvalue weighted by Crippen LogP contribution is 2.27. The summed E-state index contributed by atoms with van der Waals surface area (Å²) in [6.07, 6.45) is -0.299. The van der Waals surface area contributed by atoms with Crippen molar-refractivity contribution in [1.82, 2.24) is 9.97 Å². The van der Waals surface area contributed by atoms with Crippen molar-refractivity contribution in [3.63, 3.8) is 0 Å². The summed E-state index contributed by atoms with van der Waals surface area (Å²) in [5.74, 6) is 0.200. The lowest BCUT2D eigenvalue weighted by molar-refractivity contribution is -0.151. The first-order valence-corrected chi connectivity index (χ1v) is 10.1. The topological polar surface area (TPSA) is 98.3 Å². The number of ketones is 1. The zero-order valence-electron chi connectivity index (χ0n) is 16.7. The van der Waals surface area contributed by atoms with Gasteiger partial charge in [-0.05, 0) is 50.6 Å². The standard InChI is InChI=1S/C21H22N2O5S/c1-5-16(24)14-6-8-15(9-7-14)27-10-17(25)28-12(3)19-22-20(26)18-11(2)13(4)29-21(18)23-19/h6-9,12H,5,10H2,1-4H3,(H,22,23,26)/t12-/m0/s1. The number of Topliss-reactive ketones (excluding diaryl/α,β-unsaturated/α-hetero) is 1. The molecule has 0 fully saturated rings. The first kappa shape index (κ1) is 20.7. The Balaban J connectivity index is 1.62. The minimum atomic E-state index is -0.726. The molecule has 3 rings (SSSR count). The van der Waals surface area contributed by atoms with Crippen molar-refractivity contribution >= 4 is 33.3 Å². The third-order valence-electron chi connectivity index (χ3n) is 4.60. The number of aromatic nitrogens is 2. The fourth-order valence-corrected chi connectivity index (χ4v) is 3.87. The van der Waals surface area contributed by atoms with Crippen LogP contribution in [0.3, 0.4) is 0 Å². The summed E-state index contributed by atoms with van der Waals surface area (Å²) in [6, 6.07) is 6.58. The molecule has 0 unspecified atom stereocenters. The summed E-state index contributed by atoms with van der Waals surface area (Å²) in [5, 5.41) is 0.572. The van der Waals surface area contributed by atoms with Crippen molar-refractivity contribution in [2.24, 2.45) is 0 Å². The molecule has 1 atom stereocenters. The van der Waals surface area contributed by atoms with E-state index in [2.05, 4.69) is 9.97 Å². The van der Waals surface area contributed by atoms with Crippen molar-refractivity contribution in [2.75, 3.05) is 6.61 Å². The van der Waals surface area contributed by atoms with Crippen LogP contribution in [0.1, 0.15) is 53.0 Å². The molecule has 29 heavy (non-hydrogen) atoms. The number of hydrogen-bond donors (Lipinski definition) is 1. The van der Waals surface area contributed by atoms with Crippen LogP contribution in [-0.4, -0.2) is 28.3 Å². The maximum atomic E-state index is 12.4. The Morgan fingerprint density at radius 1 is 1.21 bits per heavy atom. The van der Waals surface area contributed by atoms with Gasteiger partial charge in [-0.15, -0.1) is 11.3 Å². The average molecular weight is 414 g/mol. The van der Waals surface area contributed by atoms with Crippen molar-refractivity contribution in [3.05, 3.63) is 56.4 Å². The van der Waals surface area contributed by atoms with Gasteiger partial charge in [0.25, 0.3) is 5.56 Å². The molecule has 0 aliphatic heterocycles. The van der Waals surface area contributed by atoms with Gasteiger partial charge in [0.2, 0.25) is 0 Å². The van der Waals surface area contributed by atoms with Gasteiger partial charge in [-0.25, -0.2) is 9.78 Å². The lowest BCUT2D eigenvalue weighted by Crippen LogP contribution is -2.20. The largest absolute Gasteiger partial charge is 0.482 e. The van der Waals surface area contributed by atoms with Gasteiger partial charge < -0.3 is 14.5 Å². The van der Waals surface area contributed by atoms with Crippen LogP contribution < -0.4 is 10.3 Å². The number of carbonyl (C=O) groups is 2. The second-order valence-corrected chi connectivity index (χ2v) is 7.84. The molecule has 0 saturated heterocycles. The summed E-state index contributed by atoms with van der Waals surface area (Å²) < 4.78 is 10.7. The van der Waals surface area contributed by atoms with Gasteiger partial charge in [0, 0.05) is 16.9 Å². The molecular formula is C21H22N2O5S. The van der Waals surface area contributed by atoms with Crippen LogP contribution in [0.4, 0.5) is 0 Å². The highest BCUT2D eigenvalue weighted by atomic mass is 32.1. The van der Waals surface area contributed by atoms with Crippen molar-refractivity contribution in [3.8, 4) is 5.75 Å². The van der Waals surface area contributed by atoms with E-state index >= 15 is 0 Å². The molecule has 1 N–H and O–H groups in total. The smallest absolute Gasteiger partial charge is 0.344 e. The number of nitrogens with one attached hydrogen (secondary N) is 1. The molecule has 8 heteroatoms. The third kappa shape index (κ3) is 4.54. The van der Waals surface area contributed by atoms with E-state index in [0.717, 1.165) is 10.4 Å². The van der Waals surface area contributed by atoms with Gasteiger partial charge >= 0.3 is 5.97 Å². The molecule has 0 saturated carbocycles. The lowest BCUT2D eigenvalue weighted by Gasteiger charge is -2.13. The number of rotatable bonds is 7. The van der Waals surface area contributed by atoms with Crippen LogP contribution in [0.2, 0.25) is 0 Å². The molecule has 0 amide bonds. The maximum Gasteiger partial charge on any atom is 0.344 e. The number of aryl methyl sites for hydroxylation is 2. The van der Waals surface area contributed by atoms with E-state index in [1.807, 2.05) is 13.8 Å². The number of hydrogen-bond acceptors (Lipinski definition) is 7. The number of ether oxygens (including phenoxy) is 2. The summed E-state index contributed by atoms with van der Waals surface area (Å²) in [6.45, 7) is 6.96. The number of esters is 1. The minimum absolute atomic E-state index is 0.0411. The van der Waals surface area contributed by atoms with Crippen molar-refractivity contribution in [1.29, 1.82) is 0 Å². The zero-order valence-corrected chi connectivity index (χ0v) is 17.5. The highest BCUT2D eigenvalue weighted by Gasteiger charge is 2.18. The van der Waals surface area contributed by atoms with E-state index in [1.54, 1.807) is 38.1 Å². The molecule has 1 aromatic carbocycles. The van der Waals surface area contributed by atoms with Gasteiger partial charge in [-0.2, -0.15) is 0 Å². The van der Waals surface area contributed by atoms with Gasteiger partial charge in [-0.1, -0.05) is 6.92 Å². The van der Waals surface area contributed by atoms with E-state index in [1.165, 1.54) is 11.3 Å². The van der Waals surface area contributed by atoms with Crippen LogP contribution in [0.25, 0.3) is 10.2 Å². The fraction of sp³-hybridized carbons (Fsp3) is 0.333. The van der Waals surface area contributed by atoms with Gasteiger partial charge in [-0.3, -0.25) is 9.59 Å². The molecule has 7 nitrogen and oxygen atoms in total. The summed E-state index contributed by atoms with van der Waals surface area (Å²) in [5.41, 5.74) is 1.27. The molecule has 3 aromatic rings. The van der Waals surface area contributed by atoms with Gasteiger partial charge in [0.15, 0.2) is 24.3 Å². The van der Waals surface area contributed by atoms with E-state index in [0.29, 0.717) is 33.8 Å². The second-order valence-electron chi connectivity index (χ2n) is 6.64. The minimum Gasteiger partial charge on any atom is -0.482 e. The predicted octanol–water partition coefficient (Wildman–Crippen LogP) is 3.88. The normalized spacial score (nSPS) is 12.0. The number of aromatic amines is 1. The first-order chi connectivity index (χ1) is 13.8. The lowest BCUT2D eigenvalue weighted by atomic mass is 10.1. The molecule has 2 aromatic heterocycles. The monoisotopic (exact) mass is 414 g/mol. The molecule has 152 valence electrons. The summed E-state index contributed by atoms with van der Waals surface area (Å²) in [4.78, 5) is 44.9. The molecule has 2 heterocycles. The molecule has 0 aliphatic rings. The van der Waals surface area contributed by atoms with Crippen LogP contribution >= 0.6 is 11.3 Å². The Morgan fingerprint density at radius 3 is 2.55 bits per heavy atom. The number of H-pyrrole nitrogens is 1. The van der Waals surface area contributed by atoms with Crippen LogP contribution in [0, 0.1) is 13.8 Å². The summed E-state index contributed by atoms with van der Waals surface area (Å²) in [7, 11) is 0. The average Bonchev–Trinajstić information content (AvgIpc) is 3.00. The van der Waals surface area contributed by atoms with Crippen LogP contribution in [0.15, 0.2) is 29.1 Å². The Kier molecular flexibility index (Phi) is 6.12. The quantitative estimate of drug-likeness (QED) is 0.465. The Bertz CT molecular complexity index is 1110. The van der Waals surface area contributed by atoms with Gasteiger partial charge in [0.1, 0.15) is 10.6 Å². The van der Waals surface area contributed by atoms with E-state index < -0.39 is 12.1 Å². The maximum absolute atomic E-state index is 12.4. The third-order valence-corrected chi connectivity index (χ3v) is 5.71. The molecule has 0 bridgehead atoms. The number of nitrogens with zero attached hydrogens (tertiary/aromatic N) is 1. The predicted molar refractivity (Wildman–Crippen MR) is 111 cm³/mol. The number of thiophene rings is 1. The number of fused-ring (bicyclic) bond motifs is 1. The first-order valence-electron chi connectivity index (χ1n) is 9.25. The highest BCUT2D eigenvalue weighted by molar-refractivity contribution is 7.18. The Labute approximate surface area is 171 Å². The zero-order chi connectivity index (χ0) is 21.1. The van der Waals surface area contributed by atoms with Crippen molar-refractivity contribution in [2.45, 2.75) is 40.2 Å². The van der Waals surface area contributed by atoms with E-state index in [4.69, 9.17) is 9.47 Å². The van der Waals surface area contributed by atoms with Crippen LogP contribution in [-0.2, 0) is 9.53 Å². The van der Waals surface area contributed by atoms with E-state index in [9.17, 15) is 14.4 Å². The number of carbonyl (C=O) groups excluding carboxylic acids is 2. The number of benzene rings is 1. The van der Waals surface area contributed by atoms with Gasteiger partial charge in [0.05, 0.1) is 5.39 Å². The SMILES string of the molecule is CCC(=O)c1ccc(OCC(=O)O[C@@H](C)c2nc3sc(C)c(C)c3c(=O)[nH]2)cc1. The summed E-state index contributed by atoms with van der Waals surface area (Å²) >= 11 is 1.44. The second kappa shape index (κ2) is 8.57.